The minimum Gasteiger partial charge on any atom is -0.344 e. The predicted octanol–water partition coefficient (Wildman–Crippen LogP) is 3.75. The summed E-state index contributed by atoms with van der Waals surface area (Å²) in [4.78, 5) is 5.36. The van der Waals surface area contributed by atoms with Gasteiger partial charge in [0.1, 0.15) is 5.01 Å². The van der Waals surface area contributed by atoms with E-state index in [1.54, 1.807) is 30.6 Å². The molecular formula is C19H30N4S. The van der Waals surface area contributed by atoms with Crippen LogP contribution >= 0.6 is 11.3 Å². The van der Waals surface area contributed by atoms with Crippen molar-refractivity contribution in [3.63, 3.8) is 0 Å². The van der Waals surface area contributed by atoms with E-state index in [-0.39, 0.29) is 0 Å². The third-order valence-electron chi connectivity index (χ3n) is 7.15. The monoisotopic (exact) mass is 346 g/mol. The lowest BCUT2D eigenvalue weighted by atomic mass is 9.52. The molecule has 0 amide bonds. The molecule has 5 aliphatic rings. The smallest absolute Gasteiger partial charge is 0.208 e. The molecular weight excluding hydrogens is 316 g/mol. The summed E-state index contributed by atoms with van der Waals surface area (Å²) in [5.41, 5.74) is 0.574. The van der Waals surface area contributed by atoms with Crippen molar-refractivity contribution >= 4 is 16.5 Å². The van der Waals surface area contributed by atoms with Gasteiger partial charge in [0.2, 0.25) is 5.13 Å². The third kappa shape index (κ3) is 2.50. The van der Waals surface area contributed by atoms with Crippen LogP contribution in [-0.4, -0.2) is 46.8 Å². The SMILES string of the molecule is CC(C)c1nnc(N2CCN(C34CC5CC(CC(C5)C3)C4)CC2)s1. The average molecular weight is 347 g/mol. The highest BCUT2D eigenvalue weighted by molar-refractivity contribution is 7.15. The predicted molar refractivity (Wildman–Crippen MR) is 98.7 cm³/mol. The van der Waals surface area contributed by atoms with E-state index in [4.69, 9.17) is 0 Å². The maximum Gasteiger partial charge on any atom is 0.208 e. The minimum absolute atomic E-state index is 0.490. The first-order valence-electron chi connectivity index (χ1n) is 9.95. The van der Waals surface area contributed by atoms with Gasteiger partial charge in [-0.05, 0) is 56.3 Å². The molecule has 24 heavy (non-hydrogen) atoms. The zero-order chi connectivity index (χ0) is 16.3. The molecule has 4 aliphatic carbocycles. The van der Waals surface area contributed by atoms with Gasteiger partial charge in [-0.15, -0.1) is 10.2 Å². The molecule has 4 saturated carbocycles. The summed E-state index contributed by atoms with van der Waals surface area (Å²) < 4.78 is 0. The Labute approximate surface area is 149 Å². The van der Waals surface area contributed by atoms with Crippen LogP contribution in [0.3, 0.4) is 0 Å². The van der Waals surface area contributed by atoms with Crippen molar-refractivity contribution in [3.8, 4) is 0 Å². The van der Waals surface area contributed by atoms with Crippen molar-refractivity contribution in [2.24, 2.45) is 17.8 Å². The Morgan fingerprint density at radius 2 is 1.50 bits per heavy atom. The van der Waals surface area contributed by atoms with E-state index in [1.165, 1.54) is 37.4 Å². The van der Waals surface area contributed by atoms with Gasteiger partial charge in [0.25, 0.3) is 0 Å². The number of piperazine rings is 1. The Morgan fingerprint density at radius 1 is 0.917 bits per heavy atom. The van der Waals surface area contributed by atoms with E-state index in [2.05, 4.69) is 33.8 Å². The van der Waals surface area contributed by atoms with Gasteiger partial charge < -0.3 is 4.90 Å². The average Bonchev–Trinajstić information content (AvgIpc) is 3.04. The van der Waals surface area contributed by atoms with Crippen molar-refractivity contribution in [2.45, 2.75) is 63.8 Å². The first-order chi connectivity index (χ1) is 11.6. The molecule has 1 aromatic rings. The molecule has 4 bridgehead atoms. The van der Waals surface area contributed by atoms with Crippen LogP contribution in [0.5, 0.6) is 0 Å². The van der Waals surface area contributed by atoms with E-state index in [9.17, 15) is 0 Å². The molecule has 132 valence electrons. The van der Waals surface area contributed by atoms with E-state index in [1.807, 2.05) is 0 Å². The maximum atomic E-state index is 4.45. The van der Waals surface area contributed by atoms with Crippen molar-refractivity contribution in [1.29, 1.82) is 0 Å². The Morgan fingerprint density at radius 3 is 2.00 bits per heavy atom. The van der Waals surface area contributed by atoms with Gasteiger partial charge in [0, 0.05) is 37.6 Å². The normalized spacial score (nSPS) is 39.1. The number of nitrogens with zero attached hydrogens (tertiary/aromatic N) is 4. The van der Waals surface area contributed by atoms with Gasteiger partial charge in [-0.25, -0.2) is 0 Å². The molecule has 0 aromatic carbocycles. The van der Waals surface area contributed by atoms with Crippen LogP contribution in [0.4, 0.5) is 5.13 Å². The Balaban J connectivity index is 1.27. The molecule has 5 fully saturated rings. The lowest BCUT2D eigenvalue weighted by molar-refractivity contribution is -0.0901. The van der Waals surface area contributed by atoms with Crippen molar-refractivity contribution < 1.29 is 0 Å². The van der Waals surface area contributed by atoms with Crippen LogP contribution in [0.25, 0.3) is 0 Å². The molecule has 0 atom stereocenters. The van der Waals surface area contributed by atoms with Crippen LogP contribution < -0.4 is 4.90 Å². The lowest BCUT2D eigenvalue weighted by Crippen LogP contribution is -2.63. The molecule has 2 heterocycles. The molecule has 0 radical (unpaired) electrons. The molecule has 1 aromatic heterocycles. The van der Waals surface area contributed by atoms with Crippen LogP contribution in [-0.2, 0) is 0 Å². The molecule has 6 rings (SSSR count). The van der Waals surface area contributed by atoms with Crippen molar-refractivity contribution in [1.82, 2.24) is 15.1 Å². The van der Waals surface area contributed by atoms with E-state index in [0.717, 1.165) is 36.0 Å². The molecule has 0 spiro atoms. The molecule has 0 unspecified atom stereocenters. The molecule has 4 nitrogen and oxygen atoms in total. The number of hydrogen-bond acceptors (Lipinski definition) is 5. The van der Waals surface area contributed by atoms with E-state index in [0.29, 0.717) is 11.5 Å². The minimum atomic E-state index is 0.490. The summed E-state index contributed by atoms with van der Waals surface area (Å²) in [6.07, 6.45) is 9.12. The fourth-order valence-corrected chi connectivity index (χ4v) is 7.31. The summed E-state index contributed by atoms with van der Waals surface area (Å²) in [6.45, 7) is 9.12. The van der Waals surface area contributed by atoms with Crippen molar-refractivity contribution in [2.75, 3.05) is 31.1 Å². The molecule has 1 saturated heterocycles. The Kier molecular flexibility index (Phi) is 3.67. The number of rotatable bonds is 3. The highest BCUT2D eigenvalue weighted by Crippen LogP contribution is 2.57. The van der Waals surface area contributed by atoms with Gasteiger partial charge in [0.05, 0.1) is 0 Å². The maximum absolute atomic E-state index is 4.45. The van der Waals surface area contributed by atoms with Gasteiger partial charge in [0.15, 0.2) is 0 Å². The van der Waals surface area contributed by atoms with E-state index >= 15 is 0 Å². The standard InChI is InChI=1S/C19H30N4S/c1-13(2)17-20-21-18(24-17)22-3-5-23(6-4-22)19-10-14-7-15(11-19)9-16(8-14)12-19/h13-16H,3-12H2,1-2H3. The zero-order valence-electron chi connectivity index (χ0n) is 15.1. The van der Waals surface area contributed by atoms with E-state index < -0.39 is 0 Å². The van der Waals surface area contributed by atoms with Gasteiger partial charge in [-0.3, -0.25) is 4.90 Å². The van der Waals surface area contributed by atoms with Gasteiger partial charge >= 0.3 is 0 Å². The summed E-state index contributed by atoms with van der Waals surface area (Å²) >= 11 is 1.79. The molecule has 1 aliphatic heterocycles. The Hall–Kier alpha value is -0.680. The second-order valence-electron chi connectivity index (χ2n) is 9.19. The Bertz CT molecular complexity index is 567. The summed E-state index contributed by atoms with van der Waals surface area (Å²) in [5.74, 6) is 3.63. The quantitative estimate of drug-likeness (QED) is 0.834. The first-order valence-corrected chi connectivity index (χ1v) is 10.8. The number of hydrogen-bond donors (Lipinski definition) is 0. The van der Waals surface area contributed by atoms with Crippen LogP contribution in [0, 0.1) is 17.8 Å². The first kappa shape index (κ1) is 15.6. The topological polar surface area (TPSA) is 32.3 Å². The summed E-state index contributed by atoms with van der Waals surface area (Å²) in [7, 11) is 0. The van der Waals surface area contributed by atoms with Crippen molar-refractivity contribution in [3.05, 3.63) is 5.01 Å². The summed E-state index contributed by atoms with van der Waals surface area (Å²) in [5, 5.41) is 11.1. The highest BCUT2D eigenvalue weighted by atomic mass is 32.1. The fourth-order valence-electron chi connectivity index (χ4n) is 6.41. The molecule has 0 N–H and O–H groups in total. The largest absolute Gasteiger partial charge is 0.344 e. The third-order valence-corrected chi connectivity index (χ3v) is 8.44. The van der Waals surface area contributed by atoms with Gasteiger partial charge in [-0.2, -0.15) is 0 Å². The van der Waals surface area contributed by atoms with Crippen LogP contribution in [0.15, 0.2) is 0 Å². The van der Waals surface area contributed by atoms with Gasteiger partial charge in [-0.1, -0.05) is 25.2 Å². The lowest BCUT2D eigenvalue weighted by Gasteiger charge is -2.61. The van der Waals surface area contributed by atoms with Crippen LogP contribution in [0.1, 0.15) is 63.3 Å². The summed E-state index contributed by atoms with van der Waals surface area (Å²) in [6, 6.07) is 0. The number of aromatic nitrogens is 2. The number of anilines is 1. The fraction of sp³-hybridized carbons (Fsp3) is 0.895. The molecule has 5 heteroatoms. The highest BCUT2D eigenvalue weighted by Gasteiger charge is 2.53. The second-order valence-corrected chi connectivity index (χ2v) is 10.2. The zero-order valence-corrected chi connectivity index (χ0v) is 15.9. The van der Waals surface area contributed by atoms with Crippen LogP contribution in [0.2, 0.25) is 0 Å². The second kappa shape index (κ2) is 5.66.